The molecular weight excluding hydrogens is 264 g/mol. The summed E-state index contributed by atoms with van der Waals surface area (Å²) in [4.78, 5) is 14.3. The maximum absolute atomic E-state index is 11.9. The highest BCUT2D eigenvalue weighted by molar-refractivity contribution is 5.96. The highest BCUT2D eigenvalue weighted by Gasteiger charge is 2.20. The Hall–Kier alpha value is -1.71. The third kappa shape index (κ3) is 3.90. The molecule has 1 saturated heterocycles. The largest absolute Gasteiger partial charge is 0.462 e. The summed E-state index contributed by atoms with van der Waals surface area (Å²) in [5.74, 6) is 0.516. The molecule has 1 heterocycles. The number of nitrogens with zero attached hydrogens (tertiary/aromatic N) is 1. The topological polar surface area (TPSA) is 55.6 Å². The second-order valence-corrected chi connectivity index (χ2v) is 5.71. The lowest BCUT2D eigenvalue weighted by atomic mass is 9.92. The number of nitrogens with two attached hydrogens (primary N) is 1. The zero-order chi connectivity index (χ0) is 15.2. The molecule has 2 rings (SSSR count). The molecule has 0 spiro atoms. The van der Waals surface area contributed by atoms with Gasteiger partial charge in [-0.1, -0.05) is 19.8 Å². The van der Waals surface area contributed by atoms with Crippen molar-refractivity contribution in [3.8, 4) is 0 Å². The smallest absolute Gasteiger partial charge is 0.340 e. The van der Waals surface area contributed by atoms with Crippen molar-refractivity contribution in [2.24, 2.45) is 5.92 Å². The van der Waals surface area contributed by atoms with Gasteiger partial charge in [-0.25, -0.2) is 4.79 Å². The standard InChI is InChI=1S/C17H26N2O2/c1-3-5-13-8-10-19(11-9-13)14-6-7-16(18)15(12-14)17(20)21-4-2/h6-7,12-13H,3-5,8-11,18H2,1-2H3. The van der Waals surface area contributed by atoms with Crippen LogP contribution in [0.2, 0.25) is 0 Å². The molecule has 0 bridgehead atoms. The highest BCUT2D eigenvalue weighted by atomic mass is 16.5. The fourth-order valence-corrected chi connectivity index (χ4v) is 3.01. The van der Waals surface area contributed by atoms with Gasteiger partial charge in [-0.05, 0) is 43.9 Å². The molecule has 4 heteroatoms. The third-order valence-corrected chi connectivity index (χ3v) is 4.21. The van der Waals surface area contributed by atoms with E-state index in [9.17, 15) is 4.79 Å². The molecule has 116 valence electrons. The number of piperidine rings is 1. The summed E-state index contributed by atoms with van der Waals surface area (Å²) in [6, 6.07) is 5.67. The average molecular weight is 290 g/mol. The Labute approximate surface area is 127 Å². The molecule has 0 radical (unpaired) electrons. The van der Waals surface area contributed by atoms with E-state index < -0.39 is 0 Å². The first-order valence-corrected chi connectivity index (χ1v) is 7.97. The Morgan fingerprint density at radius 3 is 2.67 bits per heavy atom. The molecular formula is C17H26N2O2. The molecule has 1 aliphatic heterocycles. The zero-order valence-corrected chi connectivity index (χ0v) is 13.1. The van der Waals surface area contributed by atoms with Crippen molar-refractivity contribution in [2.45, 2.75) is 39.5 Å². The van der Waals surface area contributed by atoms with E-state index >= 15 is 0 Å². The van der Waals surface area contributed by atoms with Gasteiger partial charge in [0.1, 0.15) is 0 Å². The predicted octanol–water partition coefficient (Wildman–Crippen LogP) is 3.46. The third-order valence-electron chi connectivity index (χ3n) is 4.21. The number of nitrogen functional groups attached to an aromatic ring is 1. The predicted molar refractivity (Wildman–Crippen MR) is 86.7 cm³/mol. The maximum atomic E-state index is 11.9. The lowest BCUT2D eigenvalue weighted by Gasteiger charge is -2.33. The van der Waals surface area contributed by atoms with Gasteiger partial charge >= 0.3 is 5.97 Å². The number of hydrogen-bond donors (Lipinski definition) is 1. The summed E-state index contributed by atoms with van der Waals surface area (Å²) < 4.78 is 5.06. The summed E-state index contributed by atoms with van der Waals surface area (Å²) in [6.45, 7) is 6.52. The number of carbonyl (C=O) groups is 1. The zero-order valence-electron chi connectivity index (χ0n) is 13.1. The number of esters is 1. The van der Waals surface area contributed by atoms with Crippen LogP contribution in [0.3, 0.4) is 0 Å². The number of carbonyl (C=O) groups excluding carboxylic acids is 1. The Bertz CT molecular complexity index is 480. The summed E-state index contributed by atoms with van der Waals surface area (Å²) in [7, 11) is 0. The first kappa shape index (κ1) is 15.7. The van der Waals surface area contributed by atoms with Crippen LogP contribution in [0.15, 0.2) is 18.2 Å². The lowest BCUT2D eigenvalue weighted by Crippen LogP contribution is -2.33. The molecule has 0 aromatic heterocycles. The number of ether oxygens (including phenoxy) is 1. The minimum absolute atomic E-state index is 0.335. The Morgan fingerprint density at radius 2 is 2.05 bits per heavy atom. The fourth-order valence-electron chi connectivity index (χ4n) is 3.01. The van der Waals surface area contributed by atoms with Gasteiger partial charge in [0.15, 0.2) is 0 Å². The Balaban J connectivity index is 2.07. The van der Waals surface area contributed by atoms with Gasteiger partial charge in [-0.3, -0.25) is 0 Å². The van der Waals surface area contributed by atoms with E-state index in [1.165, 1.54) is 25.7 Å². The fraction of sp³-hybridized carbons (Fsp3) is 0.588. The van der Waals surface area contributed by atoms with Crippen LogP contribution in [0, 0.1) is 5.92 Å². The number of anilines is 2. The van der Waals surface area contributed by atoms with Gasteiger partial charge < -0.3 is 15.4 Å². The second kappa shape index (κ2) is 7.34. The number of rotatable bonds is 5. The molecule has 4 nitrogen and oxygen atoms in total. The van der Waals surface area contributed by atoms with E-state index in [0.29, 0.717) is 17.9 Å². The lowest BCUT2D eigenvalue weighted by molar-refractivity contribution is 0.0527. The van der Waals surface area contributed by atoms with Crippen LogP contribution in [-0.4, -0.2) is 25.7 Å². The molecule has 0 amide bonds. The van der Waals surface area contributed by atoms with E-state index in [1.807, 2.05) is 12.1 Å². The van der Waals surface area contributed by atoms with E-state index in [1.54, 1.807) is 13.0 Å². The van der Waals surface area contributed by atoms with Crippen LogP contribution < -0.4 is 10.6 Å². The SMILES string of the molecule is CCCC1CCN(c2ccc(N)c(C(=O)OCC)c2)CC1. The van der Waals surface area contributed by atoms with E-state index in [0.717, 1.165) is 24.7 Å². The van der Waals surface area contributed by atoms with Gasteiger partial charge in [0.05, 0.1) is 12.2 Å². The van der Waals surface area contributed by atoms with Gasteiger partial charge in [0, 0.05) is 24.5 Å². The summed E-state index contributed by atoms with van der Waals surface area (Å²) >= 11 is 0. The minimum atomic E-state index is -0.335. The van der Waals surface area contributed by atoms with Crippen molar-refractivity contribution >= 4 is 17.3 Å². The van der Waals surface area contributed by atoms with Crippen molar-refractivity contribution in [1.29, 1.82) is 0 Å². The molecule has 2 N–H and O–H groups in total. The van der Waals surface area contributed by atoms with Crippen LogP contribution in [0.1, 0.15) is 49.9 Å². The monoisotopic (exact) mass is 290 g/mol. The number of benzene rings is 1. The van der Waals surface area contributed by atoms with E-state index in [4.69, 9.17) is 10.5 Å². The molecule has 1 aliphatic rings. The van der Waals surface area contributed by atoms with Gasteiger partial charge in [-0.15, -0.1) is 0 Å². The molecule has 1 aromatic carbocycles. The molecule has 0 saturated carbocycles. The summed E-state index contributed by atoms with van der Waals surface area (Å²) in [5, 5.41) is 0. The Kier molecular flexibility index (Phi) is 5.48. The second-order valence-electron chi connectivity index (χ2n) is 5.71. The number of hydrogen-bond acceptors (Lipinski definition) is 4. The van der Waals surface area contributed by atoms with Crippen molar-refractivity contribution in [3.05, 3.63) is 23.8 Å². The summed E-state index contributed by atoms with van der Waals surface area (Å²) in [6.07, 6.45) is 5.04. The van der Waals surface area contributed by atoms with E-state index in [2.05, 4.69) is 11.8 Å². The van der Waals surface area contributed by atoms with Crippen LogP contribution >= 0.6 is 0 Å². The van der Waals surface area contributed by atoms with Crippen LogP contribution in [-0.2, 0) is 4.74 Å². The van der Waals surface area contributed by atoms with Gasteiger partial charge in [0.2, 0.25) is 0 Å². The highest BCUT2D eigenvalue weighted by Crippen LogP contribution is 2.28. The van der Waals surface area contributed by atoms with E-state index in [-0.39, 0.29) is 5.97 Å². The van der Waals surface area contributed by atoms with Crippen molar-refractivity contribution in [1.82, 2.24) is 0 Å². The molecule has 0 unspecified atom stereocenters. The first-order valence-electron chi connectivity index (χ1n) is 7.97. The maximum Gasteiger partial charge on any atom is 0.340 e. The van der Waals surface area contributed by atoms with Crippen molar-refractivity contribution < 1.29 is 9.53 Å². The average Bonchev–Trinajstić information content (AvgIpc) is 2.49. The molecule has 21 heavy (non-hydrogen) atoms. The first-order chi connectivity index (χ1) is 10.2. The quantitative estimate of drug-likeness (QED) is 0.666. The van der Waals surface area contributed by atoms with Crippen LogP contribution in [0.5, 0.6) is 0 Å². The molecule has 1 fully saturated rings. The van der Waals surface area contributed by atoms with Crippen LogP contribution in [0.4, 0.5) is 11.4 Å². The minimum Gasteiger partial charge on any atom is -0.462 e. The molecule has 0 aliphatic carbocycles. The molecule has 1 aromatic rings. The summed E-state index contributed by atoms with van der Waals surface area (Å²) in [5.41, 5.74) is 7.93. The molecule has 0 atom stereocenters. The van der Waals surface area contributed by atoms with Gasteiger partial charge in [-0.2, -0.15) is 0 Å². The van der Waals surface area contributed by atoms with Gasteiger partial charge in [0.25, 0.3) is 0 Å². The van der Waals surface area contributed by atoms with Crippen molar-refractivity contribution in [3.63, 3.8) is 0 Å². The van der Waals surface area contributed by atoms with Crippen LogP contribution in [0.25, 0.3) is 0 Å². The Morgan fingerprint density at radius 1 is 1.33 bits per heavy atom. The van der Waals surface area contributed by atoms with Crippen molar-refractivity contribution in [2.75, 3.05) is 30.3 Å². The normalized spacial score (nSPS) is 16.0.